The molecule has 2 aromatic heterocycles. The second-order valence-corrected chi connectivity index (χ2v) is 5.67. The Morgan fingerprint density at radius 3 is 2.60 bits per heavy atom. The van der Waals surface area contributed by atoms with Crippen LogP contribution in [0.15, 0.2) is 55.8 Å². The smallest absolute Gasteiger partial charge is 0.356 e. The van der Waals surface area contributed by atoms with Gasteiger partial charge >= 0.3 is 5.97 Å². The predicted molar refractivity (Wildman–Crippen MR) is 102 cm³/mol. The summed E-state index contributed by atoms with van der Waals surface area (Å²) in [5.74, 6) is -0.408. The molecule has 1 N–H and O–H groups in total. The molecule has 0 radical (unpaired) electrons. The molecule has 0 bridgehead atoms. The molecule has 5 heteroatoms. The molecule has 0 unspecified atom stereocenters. The van der Waals surface area contributed by atoms with Crippen LogP contribution >= 0.6 is 0 Å². The minimum atomic E-state index is -0.408. The van der Waals surface area contributed by atoms with Crippen molar-refractivity contribution in [1.82, 2.24) is 9.97 Å². The van der Waals surface area contributed by atoms with E-state index in [4.69, 9.17) is 4.74 Å². The fourth-order valence-corrected chi connectivity index (χ4v) is 2.90. The Balaban J connectivity index is 2.11. The van der Waals surface area contributed by atoms with Crippen LogP contribution in [0.2, 0.25) is 0 Å². The van der Waals surface area contributed by atoms with Crippen LogP contribution in [0.3, 0.4) is 0 Å². The van der Waals surface area contributed by atoms with Gasteiger partial charge in [-0.15, -0.1) is 13.2 Å². The maximum atomic E-state index is 12.0. The first-order valence-corrected chi connectivity index (χ1v) is 8.23. The van der Waals surface area contributed by atoms with E-state index >= 15 is 0 Å². The molecule has 0 aliphatic heterocycles. The summed E-state index contributed by atoms with van der Waals surface area (Å²) in [6.45, 7) is 11.2. The van der Waals surface area contributed by atoms with Crippen LogP contribution in [0.4, 0.5) is 5.69 Å². The zero-order valence-corrected chi connectivity index (χ0v) is 14.3. The summed E-state index contributed by atoms with van der Waals surface area (Å²) in [6.07, 6.45) is 5.41. The number of anilines is 1. The van der Waals surface area contributed by atoms with E-state index < -0.39 is 5.97 Å². The lowest BCUT2D eigenvalue weighted by atomic mass is 10.1. The number of aromatic nitrogens is 2. The van der Waals surface area contributed by atoms with Crippen LogP contribution in [-0.4, -0.2) is 35.6 Å². The zero-order valence-electron chi connectivity index (χ0n) is 14.3. The predicted octanol–water partition coefficient (Wildman–Crippen LogP) is 4.07. The van der Waals surface area contributed by atoms with Crippen LogP contribution < -0.4 is 4.90 Å². The van der Waals surface area contributed by atoms with E-state index in [1.165, 1.54) is 0 Å². The van der Waals surface area contributed by atoms with E-state index in [0.29, 0.717) is 12.3 Å². The Labute approximate surface area is 146 Å². The lowest BCUT2D eigenvalue weighted by molar-refractivity contribution is 0.0520. The number of nitrogens with zero attached hydrogens (tertiary/aromatic N) is 2. The van der Waals surface area contributed by atoms with Gasteiger partial charge in [-0.1, -0.05) is 12.2 Å². The SMILES string of the molecule is C=CCN(CC=C)c1ccc2[nH]c3cnc(C(=O)OCC)cc3c2c1. The molecule has 0 amide bonds. The molecule has 3 aromatic rings. The van der Waals surface area contributed by atoms with Crippen molar-refractivity contribution >= 4 is 33.5 Å². The van der Waals surface area contributed by atoms with Crippen LogP contribution in [0, 0.1) is 0 Å². The molecule has 25 heavy (non-hydrogen) atoms. The van der Waals surface area contributed by atoms with E-state index in [0.717, 1.165) is 40.6 Å². The molecule has 2 heterocycles. The number of nitrogens with one attached hydrogen (secondary N) is 1. The summed E-state index contributed by atoms with van der Waals surface area (Å²) >= 11 is 0. The highest BCUT2D eigenvalue weighted by Gasteiger charge is 2.13. The standard InChI is InChI=1S/C20H21N3O2/c1-4-9-23(10-5-2)14-7-8-17-15(11-14)16-12-18(20(24)25-6-3)21-13-19(16)22-17/h4-5,7-8,11-13,22H,1-2,6,9-10H2,3H3. The largest absolute Gasteiger partial charge is 0.461 e. The van der Waals surface area contributed by atoms with E-state index in [1.807, 2.05) is 18.2 Å². The molecule has 0 saturated carbocycles. The first-order valence-electron chi connectivity index (χ1n) is 8.23. The second-order valence-electron chi connectivity index (χ2n) is 5.67. The van der Waals surface area contributed by atoms with Crippen molar-refractivity contribution in [2.24, 2.45) is 0 Å². The van der Waals surface area contributed by atoms with Gasteiger partial charge in [-0.05, 0) is 31.2 Å². The van der Waals surface area contributed by atoms with E-state index in [2.05, 4.69) is 40.2 Å². The highest BCUT2D eigenvalue weighted by Crippen LogP contribution is 2.29. The molecule has 3 rings (SSSR count). The van der Waals surface area contributed by atoms with Crippen molar-refractivity contribution in [1.29, 1.82) is 0 Å². The number of hydrogen-bond acceptors (Lipinski definition) is 4. The van der Waals surface area contributed by atoms with Gasteiger partial charge in [-0.3, -0.25) is 0 Å². The fraction of sp³-hybridized carbons (Fsp3) is 0.200. The fourth-order valence-electron chi connectivity index (χ4n) is 2.90. The number of ether oxygens (including phenoxy) is 1. The van der Waals surface area contributed by atoms with Crippen LogP contribution in [0.25, 0.3) is 21.8 Å². The maximum absolute atomic E-state index is 12.0. The van der Waals surface area contributed by atoms with Crippen LogP contribution in [0.1, 0.15) is 17.4 Å². The number of hydrogen-bond donors (Lipinski definition) is 1. The number of esters is 1. The highest BCUT2D eigenvalue weighted by atomic mass is 16.5. The third-order valence-corrected chi connectivity index (χ3v) is 4.02. The van der Waals surface area contributed by atoms with Crippen molar-refractivity contribution in [3.63, 3.8) is 0 Å². The lowest BCUT2D eigenvalue weighted by Gasteiger charge is -2.21. The van der Waals surface area contributed by atoms with Gasteiger partial charge < -0.3 is 14.6 Å². The summed E-state index contributed by atoms with van der Waals surface area (Å²) in [7, 11) is 0. The Morgan fingerprint density at radius 1 is 1.20 bits per heavy atom. The number of benzene rings is 1. The second kappa shape index (κ2) is 7.21. The van der Waals surface area contributed by atoms with Gasteiger partial charge in [-0.25, -0.2) is 9.78 Å². The molecule has 0 fully saturated rings. The third-order valence-electron chi connectivity index (χ3n) is 4.02. The molecule has 0 saturated heterocycles. The van der Waals surface area contributed by atoms with E-state index in [-0.39, 0.29) is 0 Å². The molecule has 1 aromatic carbocycles. The molecule has 0 atom stereocenters. The van der Waals surface area contributed by atoms with Crippen LogP contribution in [0.5, 0.6) is 0 Å². The average Bonchev–Trinajstić information content (AvgIpc) is 2.98. The summed E-state index contributed by atoms with van der Waals surface area (Å²) in [5.41, 5.74) is 3.27. The molecule has 5 nitrogen and oxygen atoms in total. The summed E-state index contributed by atoms with van der Waals surface area (Å²) in [5, 5.41) is 1.99. The third kappa shape index (κ3) is 3.26. The summed E-state index contributed by atoms with van der Waals surface area (Å²) in [4.78, 5) is 21.7. The number of H-pyrrole nitrogens is 1. The average molecular weight is 335 g/mol. The van der Waals surface area contributed by atoms with Crippen molar-refractivity contribution in [2.45, 2.75) is 6.92 Å². The zero-order chi connectivity index (χ0) is 17.8. The minimum absolute atomic E-state index is 0.315. The van der Waals surface area contributed by atoms with Gasteiger partial charge in [-0.2, -0.15) is 0 Å². The highest BCUT2D eigenvalue weighted by molar-refractivity contribution is 6.09. The van der Waals surface area contributed by atoms with E-state index in [9.17, 15) is 4.79 Å². The minimum Gasteiger partial charge on any atom is -0.461 e. The lowest BCUT2D eigenvalue weighted by Crippen LogP contribution is -2.22. The molecule has 0 aliphatic carbocycles. The maximum Gasteiger partial charge on any atom is 0.356 e. The van der Waals surface area contributed by atoms with Crippen molar-refractivity contribution < 1.29 is 9.53 Å². The number of aromatic amines is 1. The van der Waals surface area contributed by atoms with Crippen molar-refractivity contribution in [2.75, 3.05) is 24.6 Å². The molecular formula is C20H21N3O2. The number of carbonyl (C=O) groups excluding carboxylic acids is 1. The normalized spacial score (nSPS) is 10.8. The molecule has 0 aliphatic rings. The van der Waals surface area contributed by atoms with Gasteiger partial charge in [0, 0.05) is 35.1 Å². The van der Waals surface area contributed by atoms with Crippen molar-refractivity contribution in [3.8, 4) is 0 Å². The van der Waals surface area contributed by atoms with Gasteiger partial charge in [0.15, 0.2) is 0 Å². The number of rotatable bonds is 7. The summed E-state index contributed by atoms with van der Waals surface area (Å²) in [6, 6.07) is 7.98. The first kappa shape index (κ1) is 16.8. The molecular weight excluding hydrogens is 314 g/mol. The summed E-state index contributed by atoms with van der Waals surface area (Å²) < 4.78 is 5.05. The molecule has 128 valence electrons. The van der Waals surface area contributed by atoms with Gasteiger partial charge in [0.05, 0.1) is 18.3 Å². The number of pyridine rings is 1. The van der Waals surface area contributed by atoms with Crippen LogP contribution in [-0.2, 0) is 4.74 Å². The topological polar surface area (TPSA) is 58.2 Å². The van der Waals surface area contributed by atoms with Gasteiger partial charge in [0.2, 0.25) is 0 Å². The number of carbonyl (C=O) groups is 1. The van der Waals surface area contributed by atoms with Gasteiger partial charge in [0.25, 0.3) is 0 Å². The Kier molecular flexibility index (Phi) is 4.84. The van der Waals surface area contributed by atoms with E-state index in [1.54, 1.807) is 19.2 Å². The van der Waals surface area contributed by atoms with Gasteiger partial charge in [0.1, 0.15) is 5.69 Å². The first-order chi connectivity index (χ1) is 12.2. The Hall–Kier alpha value is -3.08. The number of fused-ring (bicyclic) bond motifs is 3. The molecule has 0 spiro atoms. The Bertz CT molecular complexity index is 933. The monoisotopic (exact) mass is 335 g/mol. The Morgan fingerprint density at radius 2 is 1.92 bits per heavy atom. The quantitative estimate of drug-likeness (QED) is 0.522. The van der Waals surface area contributed by atoms with Crippen molar-refractivity contribution in [3.05, 3.63) is 61.5 Å².